The summed E-state index contributed by atoms with van der Waals surface area (Å²) in [5.74, 6) is -0.0414. The molecule has 2 atom stereocenters. The lowest BCUT2D eigenvalue weighted by atomic mass is 9.83. The van der Waals surface area contributed by atoms with Gasteiger partial charge in [-0.3, -0.25) is 28.4 Å². The normalized spacial score (nSPS) is 21.4. The van der Waals surface area contributed by atoms with Gasteiger partial charge in [-0.2, -0.15) is 0 Å². The monoisotopic (exact) mass is 385 g/mol. The Morgan fingerprint density at radius 3 is 2.61 bits per heavy atom. The van der Waals surface area contributed by atoms with E-state index in [2.05, 4.69) is 0 Å². The van der Waals surface area contributed by atoms with Gasteiger partial charge in [-0.1, -0.05) is 6.07 Å². The Morgan fingerprint density at radius 1 is 1.11 bits per heavy atom. The molecule has 2 N–H and O–H groups in total. The zero-order valence-electron chi connectivity index (χ0n) is 15.9. The third-order valence-corrected chi connectivity index (χ3v) is 5.91. The molecule has 2 aliphatic rings. The highest BCUT2D eigenvalue weighted by Gasteiger charge is 2.35. The van der Waals surface area contributed by atoms with Gasteiger partial charge in [0.05, 0.1) is 6.54 Å². The van der Waals surface area contributed by atoms with Crippen LogP contribution in [0.25, 0.3) is 0 Å². The molecule has 1 saturated heterocycles. The first kappa shape index (κ1) is 18.4. The Labute approximate surface area is 160 Å². The van der Waals surface area contributed by atoms with E-state index in [4.69, 9.17) is 5.73 Å². The predicted molar refractivity (Wildman–Crippen MR) is 104 cm³/mol. The number of piperidine rings is 1. The van der Waals surface area contributed by atoms with Gasteiger partial charge in [-0.05, 0) is 18.4 Å². The van der Waals surface area contributed by atoms with Crippen molar-refractivity contribution in [2.45, 2.75) is 18.9 Å². The second kappa shape index (κ2) is 6.59. The molecule has 2 aromatic heterocycles. The van der Waals surface area contributed by atoms with Crippen molar-refractivity contribution >= 4 is 11.6 Å². The highest BCUT2D eigenvalue weighted by Crippen LogP contribution is 2.34. The number of aromatic nitrogens is 3. The van der Waals surface area contributed by atoms with Gasteiger partial charge in [-0.15, -0.1) is 0 Å². The standard InChI is InChI=1S/C19H23N5O4/c1-21-17(20)16(18(27)22(2)19(21)28)14(25)10-23-7-11-6-12(9-23)13-4-3-5-15(26)24(13)8-11/h3-5,11-12H,6-10,20H2,1-2H3/t11-,12-/m0/s1. The molecule has 28 heavy (non-hydrogen) atoms. The van der Waals surface area contributed by atoms with Crippen molar-refractivity contribution in [3.8, 4) is 0 Å². The molecule has 0 spiro atoms. The summed E-state index contributed by atoms with van der Waals surface area (Å²) >= 11 is 0. The number of Topliss-reactive ketones (excluding diaryl/α,β-unsaturated/α-hetero) is 1. The number of hydrogen-bond acceptors (Lipinski definition) is 6. The number of likely N-dealkylation sites (tertiary alicyclic amines) is 1. The van der Waals surface area contributed by atoms with E-state index in [0.29, 0.717) is 19.6 Å². The van der Waals surface area contributed by atoms with Gasteiger partial charge in [0.1, 0.15) is 11.4 Å². The quantitative estimate of drug-likeness (QED) is 0.688. The second-order valence-corrected chi connectivity index (χ2v) is 7.78. The number of nitrogens with zero attached hydrogens (tertiary/aromatic N) is 4. The van der Waals surface area contributed by atoms with Crippen molar-refractivity contribution in [1.82, 2.24) is 18.6 Å². The minimum absolute atomic E-state index is 0.0122. The Hall–Kier alpha value is -2.94. The number of nitrogens with two attached hydrogens (primary N) is 1. The number of carbonyl (C=O) groups is 1. The Morgan fingerprint density at radius 2 is 1.86 bits per heavy atom. The van der Waals surface area contributed by atoms with Crippen molar-refractivity contribution in [1.29, 1.82) is 0 Å². The highest BCUT2D eigenvalue weighted by atomic mass is 16.2. The molecule has 0 radical (unpaired) electrons. The Bertz CT molecular complexity index is 1140. The van der Waals surface area contributed by atoms with Crippen molar-refractivity contribution in [2.24, 2.45) is 20.0 Å². The molecular weight excluding hydrogens is 362 g/mol. The summed E-state index contributed by atoms with van der Waals surface area (Å²) in [6.45, 7) is 2.01. The van der Waals surface area contributed by atoms with Crippen LogP contribution >= 0.6 is 0 Å². The fraction of sp³-hybridized carbons (Fsp3) is 0.474. The lowest BCUT2D eigenvalue weighted by molar-refractivity contribution is 0.0816. The summed E-state index contributed by atoms with van der Waals surface area (Å²) in [6.07, 6.45) is 0.984. The van der Waals surface area contributed by atoms with Crippen LogP contribution in [0.5, 0.6) is 0 Å². The summed E-state index contributed by atoms with van der Waals surface area (Å²) in [4.78, 5) is 51.4. The smallest absolute Gasteiger partial charge is 0.332 e. The number of pyridine rings is 1. The molecule has 2 aromatic rings. The zero-order chi connectivity index (χ0) is 20.2. The number of anilines is 1. The van der Waals surface area contributed by atoms with Gasteiger partial charge in [0.25, 0.3) is 11.1 Å². The number of hydrogen-bond donors (Lipinski definition) is 1. The zero-order valence-corrected chi connectivity index (χ0v) is 15.9. The van der Waals surface area contributed by atoms with E-state index in [1.165, 1.54) is 14.1 Å². The molecule has 2 aliphatic heterocycles. The predicted octanol–water partition coefficient (Wildman–Crippen LogP) is -0.870. The molecule has 0 aromatic carbocycles. The first-order chi connectivity index (χ1) is 13.3. The average Bonchev–Trinajstić information content (AvgIpc) is 2.66. The van der Waals surface area contributed by atoms with Crippen LogP contribution in [-0.2, 0) is 20.6 Å². The van der Waals surface area contributed by atoms with Crippen LogP contribution in [0, 0.1) is 5.92 Å². The summed E-state index contributed by atoms with van der Waals surface area (Å²) < 4.78 is 3.85. The van der Waals surface area contributed by atoms with Gasteiger partial charge in [0.2, 0.25) is 0 Å². The molecule has 9 nitrogen and oxygen atoms in total. The average molecular weight is 385 g/mol. The fourth-order valence-electron chi connectivity index (χ4n) is 4.53. The van der Waals surface area contributed by atoms with Gasteiger partial charge in [0.15, 0.2) is 5.78 Å². The maximum absolute atomic E-state index is 12.9. The van der Waals surface area contributed by atoms with E-state index in [0.717, 1.165) is 21.2 Å². The van der Waals surface area contributed by atoms with Crippen molar-refractivity contribution in [3.05, 3.63) is 60.6 Å². The molecule has 2 bridgehead atoms. The minimum atomic E-state index is -0.667. The van der Waals surface area contributed by atoms with Crippen LogP contribution in [0.3, 0.4) is 0 Å². The molecular formula is C19H23N5O4. The van der Waals surface area contributed by atoms with Crippen LogP contribution in [0.1, 0.15) is 28.4 Å². The number of carbonyl (C=O) groups excluding carboxylic acids is 1. The van der Waals surface area contributed by atoms with Crippen LogP contribution < -0.4 is 22.5 Å². The minimum Gasteiger partial charge on any atom is -0.384 e. The third kappa shape index (κ3) is 2.82. The van der Waals surface area contributed by atoms with Crippen molar-refractivity contribution in [2.75, 3.05) is 25.4 Å². The lowest BCUT2D eigenvalue weighted by Crippen LogP contribution is -2.49. The van der Waals surface area contributed by atoms with Gasteiger partial charge >= 0.3 is 5.69 Å². The third-order valence-electron chi connectivity index (χ3n) is 5.91. The molecule has 4 heterocycles. The summed E-state index contributed by atoms with van der Waals surface area (Å²) in [7, 11) is 2.77. The molecule has 0 unspecified atom stereocenters. The number of rotatable bonds is 3. The van der Waals surface area contributed by atoms with Crippen molar-refractivity contribution in [3.63, 3.8) is 0 Å². The first-order valence-corrected chi connectivity index (χ1v) is 9.28. The van der Waals surface area contributed by atoms with E-state index in [-0.39, 0.29) is 41.1 Å². The molecule has 9 heteroatoms. The number of nitrogen functional groups attached to an aromatic ring is 1. The molecule has 0 aliphatic carbocycles. The lowest BCUT2D eigenvalue weighted by Gasteiger charge is -2.42. The Balaban J connectivity index is 1.61. The maximum Gasteiger partial charge on any atom is 0.332 e. The van der Waals surface area contributed by atoms with E-state index in [1.807, 2.05) is 15.5 Å². The van der Waals surface area contributed by atoms with E-state index in [9.17, 15) is 19.2 Å². The van der Waals surface area contributed by atoms with E-state index < -0.39 is 11.2 Å². The molecule has 0 saturated carbocycles. The topological polar surface area (TPSA) is 112 Å². The van der Waals surface area contributed by atoms with Crippen LogP contribution in [0.15, 0.2) is 32.6 Å². The van der Waals surface area contributed by atoms with Gasteiger partial charge < -0.3 is 10.3 Å². The largest absolute Gasteiger partial charge is 0.384 e. The summed E-state index contributed by atoms with van der Waals surface area (Å²) in [5.41, 5.74) is 5.54. The second-order valence-electron chi connectivity index (χ2n) is 7.78. The highest BCUT2D eigenvalue weighted by molar-refractivity contribution is 6.01. The van der Waals surface area contributed by atoms with Gasteiger partial charge in [-0.25, -0.2) is 4.79 Å². The Kier molecular flexibility index (Phi) is 4.34. The summed E-state index contributed by atoms with van der Waals surface area (Å²) in [6, 6.07) is 5.31. The number of ketones is 1. The first-order valence-electron chi connectivity index (χ1n) is 9.28. The summed E-state index contributed by atoms with van der Waals surface area (Å²) in [5, 5.41) is 0. The fourth-order valence-corrected chi connectivity index (χ4v) is 4.53. The molecule has 4 rings (SSSR count). The number of fused-ring (bicyclic) bond motifs is 4. The van der Waals surface area contributed by atoms with E-state index in [1.54, 1.807) is 12.1 Å². The molecule has 0 amide bonds. The van der Waals surface area contributed by atoms with E-state index >= 15 is 0 Å². The van der Waals surface area contributed by atoms with Crippen LogP contribution in [0.4, 0.5) is 5.82 Å². The molecule has 1 fully saturated rings. The van der Waals surface area contributed by atoms with Gasteiger partial charge in [0, 0.05) is 51.4 Å². The van der Waals surface area contributed by atoms with Crippen LogP contribution in [0.2, 0.25) is 0 Å². The maximum atomic E-state index is 12.9. The SMILES string of the molecule is Cn1c(N)c(C(=O)CN2C[C@@H]3C[C@@H](C2)c2cccc(=O)n2C3)c(=O)n(C)c1=O. The molecule has 148 valence electrons. The van der Waals surface area contributed by atoms with Crippen LogP contribution in [-0.4, -0.2) is 44.0 Å². The van der Waals surface area contributed by atoms with Crippen molar-refractivity contribution < 1.29 is 4.79 Å².